The van der Waals surface area contributed by atoms with Crippen molar-refractivity contribution in [2.24, 2.45) is 0 Å². The van der Waals surface area contributed by atoms with Crippen LogP contribution in [-0.4, -0.2) is 50.4 Å². The summed E-state index contributed by atoms with van der Waals surface area (Å²) in [4.78, 5) is 18.6. The first-order valence-electron chi connectivity index (χ1n) is 6.81. The van der Waals surface area contributed by atoms with E-state index >= 15 is 0 Å². The van der Waals surface area contributed by atoms with Crippen LogP contribution < -0.4 is 0 Å². The summed E-state index contributed by atoms with van der Waals surface area (Å²) in [5, 5.41) is 10.6. The van der Waals surface area contributed by atoms with E-state index in [-0.39, 0.29) is 12.0 Å². The Morgan fingerprint density at radius 3 is 2.90 bits per heavy atom. The fraction of sp³-hybridized carbons (Fsp3) is 0.538. The van der Waals surface area contributed by atoms with Crippen molar-refractivity contribution >= 4 is 5.91 Å². The first-order valence-corrected chi connectivity index (χ1v) is 6.81. The number of carbonyl (C=O) groups excluding carboxylic acids is 1. The van der Waals surface area contributed by atoms with E-state index in [4.69, 9.17) is 9.26 Å². The second-order valence-electron chi connectivity index (χ2n) is 5.14. The second kappa shape index (κ2) is 5.28. The highest BCUT2D eigenvalue weighted by Crippen LogP contribution is 2.29. The van der Waals surface area contributed by atoms with Crippen molar-refractivity contribution in [1.29, 1.82) is 0 Å². The molecule has 0 aliphatic carbocycles. The summed E-state index contributed by atoms with van der Waals surface area (Å²) < 4.78 is 10.9. The van der Waals surface area contributed by atoms with Crippen LogP contribution in [0.5, 0.6) is 0 Å². The average Bonchev–Trinajstić information content (AvgIpc) is 3.06. The molecule has 0 radical (unpaired) electrons. The van der Waals surface area contributed by atoms with E-state index in [1.165, 1.54) is 0 Å². The molecule has 0 saturated carbocycles. The molecule has 2 aromatic rings. The van der Waals surface area contributed by atoms with Crippen LogP contribution in [0.1, 0.15) is 40.9 Å². The van der Waals surface area contributed by atoms with E-state index in [1.807, 2.05) is 13.8 Å². The normalized spacial score (nSPS) is 22.5. The third kappa shape index (κ3) is 2.54. The van der Waals surface area contributed by atoms with Crippen molar-refractivity contribution < 1.29 is 14.1 Å². The predicted molar refractivity (Wildman–Crippen MR) is 71.6 cm³/mol. The van der Waals surface area contributed by atoms with Gasteiger partial charge in [0.1, 0.15) is 11.7 Å². The van der Waals surface area contributed by atoms with E-state index in [0.29, 0.717) is 30.6 Å². The average molecular weight is 291 g/mol. The number of aromatic nitrogens is 4. The lowest BCUT2D eigenvalue weighted by atomic mass is 10.1. The topological polar surface area (TPSA) is 97.1 Å². The van der Waals surface area contributed by atoms with Gasteiger partial charge >= 0.3 is 0 Å². The molecule has 8 nitrogen and oxygen atoms in total. The number of amides is 1. The van der Waals surface area contributed by atoms with Gasteiger partial charge < -0.3 is 14.2 Å². The third-order valence-corrected chi connectivity index (χ3v) is 3.48. The molecule has 1 N–H and O–H groups in total. The molecule has 3 rings (SSSR count). The zero-order chi connectivity index (χ0) is 15.0. The largest absolute Gasteiger partial charge is 0.374 e. The molecule has 1 aliphatic heterocycles. The zero-order valence-electron chi connectivity index (χ0n) is 12.2. The molecule has 21 heavy (non-hydrogen) atoms. The first kappa shape index (κ1) is 13.7. The minimum atomic E-state index is -0.399. The Hall–Kier alpha value is -2.22. The number of hydrogen-bond donors (Lipinski definition) is 1. The van der Waals surface area contributed by atoms with Crippen LogP contribution in [0.2, 0.25) is 0 Å². The number of aryl methyl sites for hydroxylation is 2. The van der Waals surface area contributed by atoms with Crippen LogP contribution in [0.3, 0.4) is 0 Å². The molecular weight excluding hydrogens is 274 g/mol. The summed E-state index contributed by atoms with van der Waals surface area (Å²) in [5.74, 6) is 0.751. The van der Waals surface area contributed by atoms with E-state index in [1.54, 1.807) is 17.9 Å². The molecule has 112 valence electrons. The van der Waals surface area contributed by atoms with Crippen molar-refractivity contribution in [2.75, 3.05) is 13.2 Å². The number of hydrogen-bond acceptors (Lipinski definition) is 6. The maximum Gasteiger partial charge on any atom is 0.275 e. The molecule has 3 heterocycles. The number of morpholine rings is 1. The highest BCUT2D eigenvalue weighted by Gasteiger charge is 2.38. The van der Waals surface area contributed by atoms with Gasteiger partial charge in [-0.15, -0.1) is 0 Å². The van der Waals surface area contributed by atoms with Crippen LogP contribution in [0.15, 0.2) is 10.6 Å². The summed E-state index contributed by atoms with van der Waals surface area (Å²) in [7, 11) is 0. The highest BCUT2D eigenvalue weighted by molar-refractivity contribution is 5.92. The van der Waals surface area contributed by atoms with E-state index in [0.717, 1.165) is 5.69 Å². The lowest BCUT2D eigenvalue weighted by Gasteiger charge is -2.37. The summed E-state index contributed by atoms with van der Waals surface area (Å²) in [6.07, 6.45) is -0.220. The molecule has 0 bridgehead atoms. The maximum atomic E-state index is 12.6. The molecule has 1 fully saturated rings. The van der Waals surface area contributed by atoms with Gasteiger partial charge in [-0.05, 0) is 26.8 Å². The number of nitrogens with one attached hydrogen (secondary N) is 1. The van der Waals surface area contributed by atoms with Crippen molar-refractivity contribution in [3.8, 4) is 0 Å². The van der Waals surface area contributed by atoms with E-state index < -0.39 is 6.04 Å². The van der Waals surface area contributed by atoms with Crippen LogP contribution in [0.25, 0.3) is 0 Å². The fourth-order valence-corrected chi connectivity index (χ4v) is 2.49. The van der Waals surface area contributed by atoms with Crippen molar-refractivity contribution in [1.82, 2.24) is 25.2 Å². The molecule has 1 saturated heterocycles. The van der Waals surface area contributed by atoms with Gasteiger partial charge in [0.2, 0.25) is 0 Å². The van der Waals surface area contributed by atoms with Crippen LogP contribution >= 0.6 is 0 Å². The monoisotopic (exact) mass is 291 g/mol. The molecule has 1 amide bonds. The number of carbonyl (C=O) groups is 1. The number of ether oxygens (including phenoxy) is 1. The number of nitrogens with zero attached hydrogens (tertiary/aromatic N) is 4. The summed E-state index contributed by atoms with van der Waals surface area (Å²) in [6.45, 7) is 6.41. The van der Waals surface area contributed by atoms with E-state index in [2.05, 4.69) is 20.3 Å². The van der Waals surface area contributed by atoms with E-state index in [9.17, 15) is 4.79 Å². The van der Waals surface area contributed by atoms with Gasteiger partial charge in [0.25, 0.3) is 11.8 Å². The molecule has 1 aliphatic rings. The Balaban J connectivity index is 1.92. The standard InChI is InChI=1S/C13H17N5O3/c1-7-6-10(16-15-7)13(19)18-4-5-20-8(2)11(18)12-14-9(3)17-21-12/h6,8,11H,4-5H2,1-3H3,(H,15,16)/t8-,11+/m1/s1. The molecule has 0 spiro atoms. The molecule has 2 aromatic heterocycles. The smallest absolute Gasteiger partial charge is 0.275 e. The molecule has 0 aromatic carbocycles. The SMILES string of the molecule is Cc1noc([C@@H]2[C@@H](C)OCCN2C(=O)c2cc(C)[nH]n2)n1. The minimum absolute atomic E-state index is 0.171. The van der Waals surface area contributed by atoms with Gasteiger partial charge in [0, 0.05) is 12.2 Å². The van der Waals surface area contributed by atoms with Crippen LogP contribution in [-0.2, 0) is 4.74 Å². The Morgan fingerprint density at radius 1 is 1.48 bits per heavy atom. The summed E-state index contributed by atoms with van der Waals surface area (Å²) in [5.41, 5.74) is 1.22. The summed E-state index contributed by atoms with van der Waals surface area (Å²) >= 11 is 0. The Labute approximate surface area is 121 Å². The minimum Gasteiger partial charge on any atom is -0.374 e. The van der Waals surface area contributed by atoms with Gasteiger partial charge in [-0.1, -0.05) is 5.16 Å². The lowest BCUT2D eigenvalue weighted by molar-refractivity contribution is -0.0602. The number of H-pyrrole nitrogens is 1. The quantitative estimate of drug-likeness (QED) is 0.887. The number of aromatic amines is 1. The Kier molecular flexibility index (Phi) is 3.46. The van der Waals surface area contributed by atoms with Crippen molar-refractivity contribution in [3.63, 3.8) is 0 Å². The highest BCUT2D eigenvalue weighted by atomic mass is 16.5. The van der Waals surface area contributed by atoms with Gasteiger partial charge in [0.15, 0.2) is 5.82 Å². The molecule has 8 heteroatoms. The van der Waals surface area contributed by atoms with Gasteiger partial charge in [0.05, 0.1) is 12.7 Å². The lowest BCUT2D eigenvalue weighted by Crippen LogP contribution is -2.47. The van der Waals surface area contributed by atoms with Gasteiger partial charge in [-0.3, -0.25) is 9.89 Å². The Morgan fingerprint density at radius 2 is 2.29 bits per heavy atom. The summed E-state index contributed by atoms with van der Waals surface area (Å²) in [6, 6.07) is 1.32. The second-order valence-corrected chi connectivity index (χ2v) is 5.14. The Bertz CT molecular complexity index is 650. The number of rotatable bonds is 2. The van der Waals surface area contributed by atoms with Gasteiger partial charge in [-0.2, -0.15) is 10.1 Å². The van der Waals surface area contributed by atoms with Crippen LogP contribution in [0, 0.1) is 13.8 Å². The van der Waals surface area contributed by atoms with Gasteiger partial charge in [-0.25, -0.2) is 0 Å². The molecule has 0 unspecified atom stereocenters. The van der Waals surface area contributed by atoms with Crippen molar-refractivity contribution in [2.45, 2.75) is 32.9 Å². The maximum absolute atomic E-state index is 12.6. The van der Waals surface area contributed by atoms with Crippen molar-refractivity contribution in [3.05, 3.63) is 29.2 Å². The third-order valence-electron chi connectivity index (χ3n) is 3.48. The predicted octanol–water partition coefficient (Wildman–Crippen LogP) is 1.01. The first-order chi connectivity index (χ1) is 10.1. The zero-order valence-corrected chi connectivity index (χ0v) is 12.2. The molecule has 2 atom stereocenters. The molecular formula is C13H17N5O3. The van der Waals surface area contributed by atoms with Crippen LogP contribution in [0.4, 0.5) is 0 Å². The fourth-order valence-electron chi connectivity index (χ4n) is 2.49.